The molecule has 3 heterocycles. The van der Waals surface area contributed by atoms with Gasteiger partial charge in [-0.1, -0.05) is 24.3 Å². The Balaban J connectivity index is 1.49. The lowest BCUT2D eigenvalue weighted by molar-refractivity contribution is -0.0185. The number of amides is 1. The average Bonchev–Trinajstić information content (AvgIpc) is 3.24. The van der Waals surface area contributed by atoms with E-state index in [-0.39, 0.29) is 17.7 Å². The van der Waals surface area contributed by atoms with E-state index in [1.165, 1.54) is 6.07 Å². The Morgan fingerprint density at radius 1 is 1.21 bits per heavy atom. The molecule has 1 aliphatic rings. The van der Waals surface area contributed by atoms with Crippen molar-refractivity contribution < 1.29 is 13.9 Å². The van der Waals surface area contributed by atoms with Gasteiger partial charge in [-0.15, -0.1) is 10.2 Å². The Labute approximate surface area is 194 Å². The van der Waals surface area contributed by atoms with Gasteiger partial charge in [0.15, 0.2) is 12.1 Å². The van der Waals surface area contributed by atoms with Crippen molar-refractivity contribution in [3.63, 3.8) is 0 Å². The van der Waals surface area contributed by atoms with E-state index in [1.807, 2.05) is 30.5 Å². The van der Waals surface area contributed by atoms with Gasteiger partial charge in [0.2, 0.25) is 0 Å². The van der Waals surface area contributed by atoms with Crippen LogP contribution in [-0.2, 0) is 11.2 Å². The summed E-state index contributed by atoms with van der Waals surface area (Å²) in [5.74, 6) is 0.205. The molecule has 2 aromatic heterocycles. The van der Waals surface area contributed by atoms with Crippen LogP contribution in [0.4, 0.5) is 4.39 Å². The second kappa shape index (κ2) is 8.45. The molecule has 0 spiro atoms. The molecule has 174 valence electrons. The highest BCUT2D eigenvalue weighted by molar-refractivity contribution is 5.95. The number of nitrogens with zero attached hydrogens (tertiary/aromatic N) is 5. The Morgan fingerprint density at radius 3 is 2.74 bits per heavy atom. The molecule has 0 saturated heterocycles. The SMILES string of the molecule is COC1CN(C(=O)c2cc(Cc3n[nH]c(=O)c4ccccc34)ccc2F)C(C)c2nnc(C)n21. The Bertz CT molecular complexity index is 1460. The second-order valence-corrected chi connectivity index (χ2v) is 8.34. The number of aromatic amines is 1. The fourth-order valence-corrected chi connectivity index (χ4v) is 4.51. The summed E-state index contributed by atoms with van der Waals surface area (Å²) in [6.07, 6.45) is -0.144. The van der Waals surface area contributed by atoms with Crippen LogP contribution in [0.3, 0.4) is 0 Å². The Kier molecular flexibility index (Phi) is 5.45. The van der Waals surface area contributed by atoms with Crippen molar-refractivity contribution in [3.8, 4) is 0 Å². The highest BCUT2D eigenvalue weighted by Gasteiger charge is 2.37. The number of fused-ring (bicyclic) bond motifs is 2. The van der Waals surface area contributed by atoms with Crippen molar-refractivity contribution in [1.29, 1.82) is 0 Å². The van der Waals surface area contributed by atoms with Crippen molar-refractivity contribution in [2.24, 2.45) is 0 Å². The van der Waals surface area contributed by atoms with E-state index in [9.17, 15) is 14.0 Å². The minimum Gasteiger partial charge on any atom is -0.359 e. The number of hydrogen-bond donors (Lipinski definition) is 1. The topological polar surface area (TPSA) is 106 Å². The van der Waals surface area contributed by atoms with Crippen molar-refractivity contribution in [1.82, 2.24) is 29.9 Å². The minimum atomic E-state index is -0.613. The van der Waals surface area contributed by atoms with Gasteiger partial charge in [-0.3, -0.25) is 14.2 Å². The quantitative estimate of drug-likeness (QED) is 0.500. The van der Waals surface area contributed by atoms with Crippen molar-refractivity contribution >= 4 is 16.7 Å². The molecule has 10 heteroatoms. The maximum absolute atomic E-state index is 14.9. The number of rotatable bonds is 4. The van der Waals surface area contributed by atoms with Gasteiger partial charge in [0.1, 0.15) is 11.6 Å². The number of hydrogen-bond acceptors (Lipinski definition) is 6. The maximum atomic E-state index is 14.9. The summed E-state index contributed by atoms with van der Waals surface area (Å²) in [6, 6.07) is 11.2. The fraction of sp³-hybridized carbons (Fsp3) is 0.292. The van der Waals surface area contributed by atoms with Gasteiger partial charge in [0, 0.05) is 18.9 Å². The molecular weight excluding hydrogens is 439 g/mol. The van der Waals surface area contributed by atoms with E-state index in [4.69, 9.17) is 4.74 Å². The number of methoxy groups -OCH3 is 1. The predicted molar refractivity (Wildman–Crippen MR) is 122 cm³/mol. The van der Waals surface area contributed by atoms with Crippen LogP contribution in [0.15, 0.2) is 47.3 Å². The zero-order valence-corrected chi connectivity index (χ0v) is 18.9. The van der Waals surface area contributed by atoms with E-state index in [1.54, 1.807) is 36.3 Å². The first kappa shape index (κ1) is 21.9. The lowest BCUT2D eigenvalue weighted by Gasteiger charge is -2.38. The van der Waals surface area contributed by atoms with Crippen LogP contribution in [0.25, 0.3) is 10.8 Å². The number of carbonyl (C=O) groups is 1. The molecule has 1 N–H and O–H groups in total. The number of nitrogens with one attached hydrogen (secondary N) is 1. The van der Waals surface area contributed by atoms with E-state index < -0.39 is 24.0 Å². The van der Waals surface area contributed by atoms with Gasteiger partial charge in [-0.2, -0.15) is 5.10 Å². The van der Waals surface area contributed by atoms with Crippen molar-refractivity contribution in [2.75, 3.05) is 13.7 Å². The number of ether oxygens (including phenoxy) is 1. The summed E-state index contributed by atoms with van der Waals surface area (Å²) in [5.41, 5.74) is 1.01. The molecule has 0 saturated carbocycles. The second-order valence-electron chi connectivity index (χ2n) is 8.34. The largest absolute Gasteiger partial charge is 0.359 e. The molecule has 4 aromatic rings. The first-order valence-corrected chi connectivity index (χ1v) is 10.9. The van der Waals surface area contributed by atoms with Gasteiger partial charge in [0.25, 0.3) is 11.5 Å². The van der Waals surface area contributed by atoms with Gasteiger partial charge in [-0.05, 0) is 37.6 Å². The molecule has 0 radical (unpaired) electrons. The maximum Gasteiger partial charge on any atom is 0.272 e. The van der Waals surface area contributed by atoms with Crippen LogP contribution in [0.5, 0.6) is 0 Å². The molecule has 0 fully saturated rings. The van der Waals surface area contributed by atoms with E-state index >= 15 is 0 Å². The number of aromatic nitrogens is 5. The molecule has 1 amide bonds. The third-order valence-corrected chi connectivity index (χ3v) is 6.32. The first-order chi connectivity index (χ1) is 16.4. The summed E-state index contributed by atoms with van der Waals surface area (Å²) >= 11 is 0. The van der Waals surface area contributed by atoms with E-state index in [2.05, 4.69) is 20.4 Å². The van der Waals surface area contributed by atoms with Gasteiger partial charge < -0.3 is 9.64 Å². The third-order valence-electron chi connectivity index (χ3n) is 6.32. The third kappa shape index (κ3) is 3.56. The predicted octanol–water partition coefficient (Wildman–Crippen LogP) is 2.91. The summed E-state index contributed by atoms with van der Waals surface area (Å²) in [6.45, 7) is 3.89. The van der Waals surface area contributed by atoms with Crippen LogP contribution in [0.2, 0.25) is 0 Å². The van der Waals surface area contributed by atoms with Crippen LogP contribution in [-0.4, -0.2) is 49.4 Å². The lowest BCUT2D eigenvalue weighted by Crippen LogP contribution is -2.44. The molecular formula is C24H23FN6O3. The van der Waals surface area contributed by atoms with E-state index in [0.717, 1.165) is 0 Å². The molecule has 2 aromatic carbocycles. The van der Waals surface area contributed by atoms with Crippen LogP contribution in [0, 0.1) is 12.7 Å². The van der Waals surface area contributed by atoms with Crippen LogP contribution in [0.1, 0.15) is 52.5 Å². The molecule has 0 aliphatic carbocycles. The number of benzene rings is 2. The Hall–Kier alpha value is -3.92. The number of halogens is 1. The molecule has 5 rings (SSSR count). The molecule has 0 bridgehead atoms. The zero-order chi connectivity index (χ0) is 24.0. The van der Waals surface area contributed by atoms with E-state index in [0.29, 0.717) is 40.1 Å². The van der Waals surface area contributed by atoms with Crippen molar-refractivity contribution in [3.05, 3.63) is 87.1 Å². The Morgan fingerprint density at radius 2 is 1.97 bits per heavy atom. The molecule has 34 heavy (non-hydrogen) atoms. The summed E-state index contributed by atoms with van der Waals surface area (Å²) in [7, 11) is 1.55. The molecule has 2 atom stereocenters. The molecule has 2 unspecified atom stereocenters. The fourth-order valence-electron chi connectivity index (χ4n) is 4.51. The highest BCUT2D eigenvalue weighted by atomic mass is 19.1. The lowest BCUT2D eigenvalue weighted by atomic mass is 10.0. The zero-order valence-electron chi connectivity index (χ0n) is 18.9. The number of aryl methyl sites for hydroxylation is 1. The number of carbonyl (C=O) groups excluding carboxylic acids is 1. The monoisotopic (exact) mass is 462 g/mol. The summed E-state index contributed by atoms with van der Waals surface area (Å²) in [5, 5.41) is 16.2. The standard InChI is InChI=1S/C24H23FN6O3/c1-13-22-28-26-14(2)31(22)21(34-3)12-30(13)24(33)18-10-15(8-9-19(18)25)11-20-16-6-4-5-7-17(16)23(32)29-27-20/h4-10,13,21H,11-12H2,1-3H3,(H,29,32). The van der Waals surface area contributed by atoms with Crippen LogP contribution >= 0.6 is 0 Å². The van der Waals surface area contributed by atoms with Crippen molar-refractivity contribution in [2.45, 2.75) is 32.5 Å². The minimum absolute atomic E-state index is 0.0439. The summed E-state index contributed by atoms with van der Waals surface area (Å²) < 4.78 is 22.3. The summed E-state index contributed by atoms with van der Waals surface area (Å²) in [4.78, 5) is 27.1. The highest BCUT2D eigenvalue weighted by Crippen LogP contribution is 2.32. The van der Waals surface area contributed by atoms with Gasteiger partial charge in [-0.25, -0.2) is 9.49 Å². The normalized spacial score (nSPS) is 17.7. The first-order valence-electron chi connectivity index (χ1n) is 10.9. The van der Waals surface area contributed by atoms with Gasteiger partial charge in [0.05, 0.1) is 29.2 Å². The molecule has 9 nitrogen and oxygen atoms in total. The smallest absolute Gasteiger partial charge is 0.272 e. The number of H-pyrrole nitrogens is 1. The average molecular weight is 462 g/mol. The van der Waals surface area contributed by atoms with Gasteiger partial charge >= 0.3 is 0 Å². The molecule has 1 aliphatic heterocycles. The van der Waals surface area contributed by atoms with Crippen LogP contribution < -0.4 is 5.56 Å².